The highest BCUT2D eigenvalue weighted by Crippen LogP contribution is 2.24. The van der Waals surface area contributed by atoms with Crippen LogP contribution in [0.5, 0.6) is 0 Å². The molecule has 1 saturated heterocycles. The lowest BCUT2D eigenvalue weighted by atomic mass is 9.99. The highest BCUT2D eigenvalue weighted by molar-refractivity contribution is 7.99. The van der Waals surface area contributed by atoms with Gasteiger partial charge in [-0.2, -0.15) is 11.8 Å². The Morgan fingerprint density at radius 2 is 2.17 bits per heavy atom. The molecule has 1 fully saturated rings. The third-order valence-electron chi connectivity index (χ3n) is 3.65. The fourth-order valence-electron chi connectivity index (χ4n) is 2.60. The Kier molecular flexibility index (Phi) is 6.09. The van der Waals surface area contributed by atoms with Crippen molar-refractivity contribution in [3.63, 3.8) is 0 Å². The normalized spacial score (nSPS) is 21.7. The summed E-state index contributed by atoms with van der Waals surface area (Å²) in [6.45, 7) is 2.28. The van der Waals surface area contributed by atoms with Gasteiger partial charge in [0, 0.05) is 17.8 Å². The maximum atomic E-state index is 3.89. The topological polar surface area (TPSA) is 12.0 Å². The van der Waals surface area contributed by atoms with Crippen molar-refractivity contribution in [1.82, 2.24) is 5.32 Å². The minimum atomic E-state index is 0.551. The Morgan fingerprint density at radius 3 is 2.83 bits per heavy atom. The van der Waals surface area contributed by atoms with E-state index in [9.17, 15) is 0 Å². The summed E-state index contributed by atoms with van der Waals surface area (Å²) in [6, 6.07) is 12.2. The monoisotopic (exact) mass is 263 g/mol. The van der Waals surface area contributed by atoms with Gasteiger partial charge in [-0.05, 0) is 30.6 Å². The summed E-state index contributed by atoms with van der Waals surface area (Å²) < 4.78 is 0. The SMILES string of the molecule is CCCCC(NC1CCCSC1)c1ccccc1. The predicted octanol–water partition coefficient (Wildman–Crippen LogP) is 4.40. The molecule has 2 rings (SSSR count). The van der Waals surface area contributed by atoms with E-state index in [-0.39, 0.29) is 0 Å². The highest BCUT2D eigenvalue weighted by Gasteiger charge is 2.18. The maximum absolute atomic E-state index is 3.89. The van der Waals surface area contributed by atoms with Crippen molar-refractivity contribution in [3.05, 3.63) is 35.9 Å². The second-order valence-electron chi connectivity index (χ2n) is 5.19. The van der Waals surface area contributed by atoms with E-state index in [0.29, 0.717) is 12.1 Å². The molecule has 0 radical (unpaired) electrons. The van der Waals surface area contributed by atoms with E-state index in [0.717, 1.165) is 0 Å². The van der Waals surface area contributed by atoms with Gasteiger partial charge in [0.05, 0.1) is 0 Å². The molecule has 18 heavy (non-hydrogen) atoms. The first-order valence-corrected chi connectivity index (χ1v) is 8.44. The largest absolute Gasteiger partial charge is 0.306 e. The molecule has 1 aromatic carbocycles. The fraction of sp³-hybridized carbons (Fsp3) is 0.625. The molecule has 0 bridgehead atoms. The summed E-state index contributed by atoms with van der Waals surface area (Å²) in [6.07, 6.45) is 6.58. The lowest BCUT2D eigenvalue weighted by Crippen LogP contribution is -2.36. The van der Waals surface area contributed by atoms with Crippen molar-refractivity contribution < 1.29 is 0 Å². The molecule has 100 valence electrons. The summed E-state index contributed by atoms with van der Waals surface area (Å²) in [5, 5.41) is 3.89. The van der Waals surface area contributed by atoms with Crippen molar-refractivity contribution >= 4 is 11.8 Å². The number of rotatable bonds is 6. The smallest absolute Gasteiger partial charge is 0.0322 e. The van der Waals surface area contributed by atoms with Gasteiger partial charge in [0.15, 0.2) is 0 Å². The number of hydrogen-bond donors (Lipinski definition) is 1. The number of benzene rings is 1. The molecule has 1 heterocycles. The lowest BCUT2D eigenvalue weighted by Gasteiger charge is -2.28. The van der Waals surface area contributed by atoms with Crippen molar-refractivity contribution in [2.45, 2.75) is 51.1 Å². The van der Waals surface area contributed by atoms with Crippen LogP contribution in [-0.2, 0) is 0 Å². The molecule has 2 heteroatoms. The van der Waals surface area contributed by atoms with Crippen LogP contribution >= 0.6 is 11.8 Å². The Labute approximate surface area is 116 Å². The molecule has 1 aliphatic rings. The summed E-state index contributed by atoms with van der Waals surface area (Å²) in [5.41, 5.74) is 1.46. The van der Waals surface area contributed by atoms with E-state index in [2.05, 4.69) is 54.3 Å². The van der Waals surface area contributed by atoms with Gasteiger partial charge in [0.1, 0.15) is 0 Å². The van der Waals surface area contributed by atoms with Crippen LogP contribution in [0.15, 0.2) is 30.3 Å². The molecule has 0 aliphatic carbocycles. The second kappa shape index (κ2) is 7.85. The van der Waals surface area contributed by atoms with Crippen LogP contribution in [0.4, 0.5) is 0 Å². The van der Waals surface area contributed by atoms with Gasteiger partial charge < -0.3 is 5.32 Å². The first-order valence-electron chi connectivity index (χ1n) is 7.29. The Hall–Kier alpha value is -0.470. The lowest BCUT2D eigenvalue weighted by molar-refractivity contribution is 0.406. The van der Waals surface area contributed by atoms with Crippen LogP contribution in [0.1, 0.15) is 50.6 Å². The molecule has 2 atom stereocenters. The summed E-state index contributed by atoms with van der Waals surface area (Å²) in [7, 11) is 0. The molecule has 0 spiro atoms. The number of unbranched alkanes of at least 4 members (excludes halogenated alkanes) is 1. The van der Waals surface area contributed by atoms with Crippen LogP contribution in [0.3, 0.4) is 0 Å². The molecule has 1 aromatic rings. The Morgan fingerprint density at radius 1 is 1.33 bits per heavy atom. The highest BCUT2D eigenvalue weighted by atomic mass is 32.2. The third-order valence-corrected chi connectivity index (χ3v) is 4.86. The Balaban J connectivity index is 1.95. The van der Waals surface area contributed by atoms with E-state index in [1.807, 2.05) is 0 Å². The molecule has 1 N–H and O–H groups in total. The van der Waals surface area contributed by atoms with Gasteiger partial charge >= 0.3 is 0 Å². The zero-order chi connectivity index (χ0) is 12.6. The van der Waals surface area contributed by atoms with Crippen LogP contribution in [0.2, 0.25) is 0 Å². The molecule has 0 amide bonds. The van der Waals surface area contributed by atoms with Gasteiger partial charge in [0.2, 0.25) is 0 Å². The molecule has 2 unspecified atom stereocenters. The quantitative estimate of drug-likeness (QED) is 0.816. The van der Waals surface area contributed by atoms with Crippen LogP contribution in [0.25, 0.3) is 0 Å². The Bertz CT molecular complexity index is 319. The van der Waals surface area contributed by atoms with Gasteiger partial charge in [-0.25, -0.2) is 0 Å². The second-order valence-corrected chi connectivity index (χ2v) is 6.34. The van der Waals surface area contributed by atoms with Crippen molar-refractivity contribution in [2.75, 3.05) is 11.5 Å². The van der Waals surface area contributed by atoms with Gasteiger partial charge in [-0.15, -0.1) is 0 Å². The molecule has 0 saturated carbocycles. The first kappa shape index (κ1) is 14.0. The zero-order valence-corrected chi connectivity index (χ0v) is 12.2. The number of nitrogens with one attached hydrogen (secondary N) is 1. The van der Waals surface area contributed by atoms with E-state index in [1.165, 1.54) is 49.2 Å². The van der Waals surface area contributed by atoms with Crippen molar-refractivity contribution in [1.29, 1.82) is 0 Å². The summed E-state index contributed by atoms with van der Waals surface area (Å²) in [5.74, 6) is 2.64. The van der Waals surface area contributed by atoms with Gasteiger partial charge in [-0.3, -0.25) is 0 Å². The average molecular weight is 263 g/mol. The average Bonchev–Trinajstić information content (AvgIpc) is 2.45. The maximum Gasteiger partial charge on any atom is 0.0322 e. The van der Waals surface area contributed by atoms with E-state index in [4.69, 9.17) is 0 Å². The van der Waals surface area contributed by atoms with Gasteiger partial charge in [0.25, 0.3) is 0 Å². The third kappa shape index (κ3) is 4.33. The zero-order valence-electron chi connectivity index (χ0n) is 11.4. The van der Waals surface area contributed by atoms with Crippen LogP contribution in [0, 0.1) is 0 Å². The number of thioether (sulfide) groups is 1. The summed E-state index contributed by atoms with van der Waals surface area (Å²) in [4.78, 5) is 0. The van der Waals surface area contributed by atoms with Crippen LogP contribution in [-0.4, -0.2) is 17.5 Å². The fourth-order valence-corrected chi connectivity index (χ4v) is 3.68. The molecule has 1 aliphatic heterocycles. The molecule has 0 aromatic heterocycles. The first-order chi connectivity index (χ1) is 8.90. The van der Waals surface area contributed by atoms with Crippen LogP contribution < -0.4 is 5.32 Å². The summed E-state index contributed by atoms with van der Waals surface area (Å²) >= 11 is 2.10. The standard InChI is InChI=1S/C16H25NS/c1-2-3-11-16(14-8-5-4-6-9-14)17-15-10-7-12-18-13-15/h4-6,8-9,15-17H,2-3,7,10-13H2,1H3. The number of hydrogen-bond acceptors (Lipinski definition) is 2. The minimum Gasteiger partial charge on any atom is -0.306 e. The van der Waals surface area contributed by atoms with Gasteiger partial charge in [-0.1, -0.05) is 50.1 Å². The van der Waals surface area contributed by atoms with E-state index >= 15 is 0 Å². The van der Waals surface area contributed by atoms with Crippen molar-refractivity contribution in [2.24, 2.45) is 0 Å². The molecular formula is C16H25NS. The molecule has 1 nitrogen and oxygen atoms in total. The molecular weight excluding hydrogens is 238 g/mol. The van der Waals surface area contributed by atoms with Crippen molar-refractivity contribution in [3.8, 4) is 0 Å². The minimum absolute atomic E-state index is 0.551. The van der Waals surface area contributed by atoms with E-state index in [1.54, 1.807) is 0 Å². The van der Waals surface area contributed by atoms with E-state index < -0.39 is 0 Å². The predicted molar refractivity (Wildman–Crippen MR) is 82.2 cm³/mol.